The molecule has 0 saturated heterocycles. The number of carbonyl (C=O) groups excluding carboxylic acids is 1. The molecule has 0 saturated carbocycles. The quantitative estimate of drug-likeness (QED) is 0.511. The summed E-state index contributed by atoms with van der Waals surface area (Å²) in [6, 6.07) is 13.0. The maximum atomic E-state index is 13.3. The molecule has 0 radical (unpaired) electrons. The van der Waals surface area contributed by atoms with Gasteiger partial charge in [-0.05, 0) is 43.2 Å². The van der Waals surface area contributed by atoms with Gasteiger partial charge < -0.3 is 9.88 Å². The second kappa shape index (κ2) is 9.77. The summed E-state index contributed by atoms with van der Waals surface area (Å²) in [6.45, 7) is 2.52. The molecule has 0 fully saturated rings. The van der Waals surface area contributed by atoms with Gasteiger partial charge in [0.05, 0.1) is 16.9 Å². The summed E-state index contributed by atoms with van der Waals surface area (Å²) < 4.78 is 29.6. The molecule has 0 atom stereocenters. The summed E-state index contributed by atoms with van der Waals surface area (Å²) in [5, 5.41) is 3.22. The van der Waals surface area contributed by atoms with E-state index in [2.05, 4.69) is 10.3 Å². The number of amides is 1. The van der Waals surface area contributed by atoms with Crippen molar-refractivity contribution in [2.75, 3.05) is 17.4 Å². The number of carbonyl (C=O) groups is 1. The molecule has 158 valence electrons. The average Bonchev–Trinajstić information content (AvgIpc) is 3.26. The molecular formula is C21H23ClN4O3S. The first-order valence-electron chi connectivity index (χ1n) is 9.45. The number of anilines is 1. The lowest BCUT2D eigenvalue weighted by atomic mass is 10.2. The van der Waals surface area contributed by atoms with Crippen molar-refractivity contribution in [2.45, 2.75) is 24.8 Å². The van der Waals surface area contributed by atoms with Crippen LogP contribution in [-0.4, -0.2) is 37.0 Å². The number of aryl methyl sites for hydroxylation is 1. The summed E-state index contributed by atoms with van der Waals surface area (Å²) >= 11 is 6.21. The highest BCUT2D eigenvalue weighted by atomic mass is 35.5. The molecule has 1 amide bonds. The smallest absolute Gasteiger partial charge is 0.264 e. The molecule has 0 unspecified atom stereocenters. The number of nitrogens with one attached hydrogen (secondary N) is 1. The molecule has 1 N–H and O–H groups in total. The minimum atomic E-state index is -3.95. The van der Waals surface area contributed by atoms with Crippen molar-refractivity contribution in [3.63, 3.8) is 0 Å². The number of hydrogen-bond donors (Lipinski definition) is 1. The molecule has 30 heavy (non-hydrogen) atoms. The maximum Gasteiger partial charge on any atom is 0.264 e. The Bertz CT molecular complexity index is 1090. The van der Waals surface area contributed by atoms with E-state index in [0.29, 0.717) is 35.8 Å². The predicted octanol–water partition coefficient (Wildman–Crippen LogP) is 3.25. The molecule has 1 heterocycles. The van der Waals surface area contributed by atoms with Gasteiger partial charge in [-0.15, -0.1) is 0 Å². The van der Waals surface area contributed by atoms with Crippen LogP contribution in [0.5, 0.6) is 0 Å². The van der Waals surface area contributed by atoms with Crippen molar-refractivity contribution in [1.29, 1.82) is 0 Å². The number of aromatic nitrogens is 2. The van der Waals surface area contributed by atoms with Gasteiger partial charge in [0.15, 0.2) is 0 Å². The van der Waals surface area contributed by atoms with E-state index in [4.69, 9.17) is 11.6 Å². The second-order valence-electron chi connectivity index (χ2n) is 6.71. The zero-order valence-electron chi connectivity index (χ0n) is 16.5. The van der Waals surface area contributed by atoms with Crippen LogP contribution in [0.4, 0.5) is 5.69 Å². The van der Waals surface area contributed by atoms with Crippen LogP contribution in [0.25, 0.3) is 0 Å². The summed E-state index contributed by atoms with van der Waals surface area (Å²) in [7, 11) is -3.95. The van der Waals surface area contributed by atoms with Gasteiger partial charge in [-0.1, -0.05) is 35.9 Å². The fourth-order valence-electron chi connectivity index (χ4n) is 2.98. The average molecular weight is 447 g/mol. The number of halogens is 1. The van der Waals surface area contributed by atoms with E-state index in [1.807, 2.05) is 10.8 Å². The van der Waals surface area contributed by atoms with Crippen molar-refractivity contribution in [2.24, 2.45) is 0 Å². The minimum absolute atomic E-state index is 0.109. The van der Waals surface area contributed by atoms with Gasteiger partial charge in [0.1, 0.15) is 6.54 Å². The minimum Gasteiger partial charge on any atom is -0.354 e. The van der Waals surface area contributed by atoms with E-state index in [1.54, 1.807) is 55.8 Å². The molecule has 0 spiro atoms. The van der Waals surface area contributed by atoms with Gasteiger partial charge in [0.2, 0.25) is 5.91 Å². The van der Waals surface area contributed by atoms with Crippen LogP contribution in [-0.2, 0) is 21.4 Å². The van der Waals surface area contributed by atoms with Crippen molar-refractivity contribution in [3.05, 3.63) is 77.8 Å². The van der Waals surface area contributed by atoms with Gasteiger partial charge in [-0.25, -0.2) is 13.4 Å². The number of hydrogen-bond acceptors (Lipinski definition) is 4. The van der Waals surface area contributed by atoms with E-state index >= 15 is 0 Å². The molecule has 7 nitrogen and oxygen atoms in total. The zero-order valence-corrected chi connectivity index (χ0v) is 18.1. The molecular weight excluding hydrogens is 424 g/mol. The number of nitrogens with zero attached hydrogens (tertiary/aromatic N) is 3. The van der Waals surface area contributed by atoms with Gasteiger partial charge in [0.25, 0.3) is 10.0 Å². The van der Waals surface area contributed by atoms with Gasteiger partial charge in [0, 0.05) is 30.5 Å². The highest BCUT2D eigenvalue weighted by molar-refractivity contribution is 7.92. The Balaban J connectivity index is 1.78. The Morgan fingerprint density at radius 1 is 1.17 bits per heavy atom. The van der Waals surface area contributed by atoms with Crippen LogP contribution < -0.4 is 9.62 Å². The molecule has 3 rings (SSSR count). The van der Waals surface area contributed by atoms with Crippen molar-refractivity contribution in [3.8, 4) is 0 Å². The van der Waals surface area contributed by atoms with E-state index in [1.165, 1.54) is 12.1 Å². The SMILES string of the molecule is Cc1c(Cl)cccc1N(CC(=O)NCCCn1ccnc1)S(=O)(=O)c1ccccc1. The third-order valence-electron chi connectivity index (χ3n) is 4.60. The normalized spacial score (nSPS) is 11.3. The lowest BCUT2D eigenvalue weighted by Gasteiger charge is -2.26. The Morgan fingerprint density at radius 2 is 1.93 bits per heavy atom. The molecule has 1 aromatic heterocycles. The Hall–Kier alpha value is -2.84. The number of rotatable bonds is 9. The molecule has 0 aliphatic rings. The summed E-state index contributed by atoms with van der Waals surface area (Å²) in [5.74, 6) is -0.389. The van der Waals surface area contributed by atoms with Gasteiger partial charge in [-0.3, -0.25) is 9.10 Å². The third kappa shape index (κ3) is 5.20. The molecule has 2 aromatic carbocycles. The van der Waals surface area contributed by atoms with Crippen LogP contribution in [0, 0.1) is 6.92 Å². The number of imidazole rings is 1. The molecule has 0 bridgehead atoms. The van der Waals surface area contributed by atoms with E-state index in [-0.39, 0.29) is 17.3 Å². The highest BCUT2D eigenvalue weighted by Gasteiger charge is 2.28. The predicted molar refractivity (Wildman–Crippen MR) is 117 cm³/mol. The Labute approximate surface area is 181 Å². The van der Waals surface area contributed by atoms with Crippen LogP contribution >= 0.6 is 11.6 Å². The van der Waals surface area contributed by atoms with Crippen LogP contribution in [0.2, 0.25) is 5.02 Å². The monoisotopic (exact) mass is 446 g/mol. The van der Waals surface area contributed by atoms with Crippen LogP contribution in [0.3, 0.4) is 0 Å². The molecule has 0 aliphatic heterocycles. The first kappa shape index (κ1) is 21.9. The largest absolute Gasteiger partial charge is 0.354 e. The molecule has 0 aliphatic carbocycles. The first-order chi connectivity index (χ1) is 14.4. The lowest BCUT2D eigenvalue weighted by molar-refractivity contribution is -0.119. The maximum absolute atomic E-state index is 13.3. The van der Waals surface area contributed by atoms with Gasteiger partial charge in [-0.2, -0.15) is 0 Å². The van der Waals surface area contributed by atoms with Crippen molar-refractivity contribution in [1.82, 2.24) is 14.9 Å². The van der Waals surface area contributed by atoms with Crippen molar-refractivity contribution < 1.29 is 13.2 Å². The van der Waals surface area contributed by atoms with E-state index < -0.39 is 10.0 Å². The Morgan fingerprint density at radius 3 is 2.63 bits per heavy atom. The van der Waals surface area contributed by atoms with E-state index in [9.17, 15) is 13.2 Å². The Kier molecular flexibility index (Phi) is 7.12. The fourth-order valence-corrected chi connectivity index (χ4v) is 4.65. The third-order valence-corrected chi connectivity index (χ3v) is 6.78. The summed E-state index contributed by atoms with van der Waals surface area (Å²) in [5.41, 5.74) is 0.964. The summed E-state index contributed by atoms with van der Waals surface area (Å²) in [4.78, 5) is 16.7. The molecule has 3 aromatic rings. The van der Waals surface area contributed by atoms with Gasteiger partial charge >= 0.3 is 0 Å². The van der Waals surface area contributed by atoms with Crippen LogP contribution in [0.1, 0.15) is 12.0 Å². The topological polar surface area (TPSA) is 84.3 Å². The first-order valence-corrected chi connectivity index (χ1v) is 11.3. The summed E-state index contributed by atoms with van der Waals surface area (Å²) in [6.07, 6.45) is 5.94. The van der Waals surface area contributed by atoms with E-state index in [0.717, 1.165) is 4.31 Å². The van der Waals surface area contributed by atoms with Crippen molar-refractivity contribution >= 4 is 33.2 Å². The molecule has 9 heteroatoms. The second-order valence-corrected chi connectivity index (χ2v) is 8.98. The number of benzene rings is 2. The number of sulfonamides is 1. The standard InChI is InChI=1S/C21H23ClN4O3S/c1-17-19(22)9-5-10-20(17)26(30(28,29)18-7-3-2-4-8-18)15-21(27)24-11-6-13-25-14-12-23-16-25/h2-5,7-10,12,14,16H,6,11,13,15H2,1H3,(H,24,27). The lowest BCUT2D eigenvalue weighted by Crippen LogP contribution is -2.41. The fraction of sp³-hybridized carbons (Fsp3) is 0.238. The zero-order chi connectivity index (χ0) is 21.6. The highest BCUT2D eigenvalue weighted by Crippen LogP contribution is 2.30. The van der Waals surface area contributed by atoms with Crippen LogP contribution in [0.15, 0.2) is 72.1 Å².